The van der Waals surface area contributed by atoms with Gasteiger partial charge in [0.25, 0.3) is 0 Å². The van der Waals surface area contributed by atoms with Gasteiger partial charge in [-0.1, -0.05) is 13.0 Å². The number of benzene rings is 1. The van der Waals surface area contributed by atoms with E-state index in [4.69, 9.17) is 21.4 Å². The van der Waals surface area contributed by atoms with E-state index >= 15 is 0 Å². The van der Waals surface area contributed by atoms with E-state index in [9.17, 15) is 0 Å². The fraction of sp³-hybridized carbons (Fsp3) is 0.304. The lowest BCUT2D eigenvalue weighted by atomic mass is 10.0. The summed E-state index contributed by atoms with van der Waals surface area (Å²) in [6.07, 6.45) is 2.81. The number of nitrogens with one attached hydrogen (secondary N) is 1. The Bertz CT molecular complexity index is 956. The molecule has 5 nitrogen and oxygen atoms in total. The topological polar surface area (TPSA) is 50.5 Å². The van der Waals surface area contributed by atoms with Gasteiger partial charge in [0.2, 0.25) is 0 Å². The fourth-order valence-electron chi connectivity index (χ4n) is 3.75. The van der Waals surface area contributed by atoms with Crippen molar-refractivity contribution in [3.63, 3.8) is 0 Å². The van der Waals surface area contributed by atoms with Crippen LogP contribution in [-0.2, 0) is 0 Å². The van der Waals surface area contributed by atoms with Gasteiger partial charge in [-0.3, -0.25) is 4.98 Å². The Labute approximate surface area is 176 Å². The van der Waals surface area contributed by atoms with Gasteiger partial charge in [0.05, 0.1) is 18.3 Å². The molecule has 0 saturated carbocycles. The van der Waals surface area contributed by atoms with Crippen molar-refractivity contribution in [3.8, 4) is 17.1 Å². The number of hydrogen-bond donors (Lipinski definition) is 1. The first kappa shape index (κ1) is 19.5. The molecule has 1 fully saturated rings. The second-order valence-corrected chi connectivity index (χ2v) is 7.37. The summed E-state index contributed by atoms with van der Waals surface area (Å²) in [4.78, 5) is 6.76. The quantitative estimate of drug-likeness (QED) is 0.549. The summed E-state index contributed by atoms with van der Waals surface area (Å²) in [6, 6.07) is 17.9. The van der Waals surface area contributed by atoms with Gasteiger partial charge in [0.15, 0.2) is 5.11 Å². The molecule has 2 atom stereocenters. The van der Waals surface area contributed by atoms with E-state index in [-0.39, 0.29) is 12.1 Å². The Morgan fingerprint density at radius 3 is 2.62 bits per heavy atom. The average Bonchev–Trinajstić information content (AvgIpc) is 3.35. The summed E-state index contributed by atoms with van der Waals surface area (Å²) in [5.74, 6) is 2.57. The molecule has 2 aromatic heterocycles. The predicted octanol–water partition coefficient (Wildman–Crippen LogP) is 5.12. The van der Waals surface area contributed by atoms with E-state index in [1.165, 1.54) is 0 Å². The lowest BCUT2D eigenvalue weighted by molar-refractivity contribution is 0.275. The molecule has 0 bridgehead atoms. The molecule has 1 saturated heterocycles. The van der Waals surface area contributed by atoms with Crippen LogP contribution in [0.5, 0.6) is 5.75 Å². The molecule has 0 aliphatic carbocycles. The number of hydrogen-bond acceptors (Lipinski definition) is 4. The van der Waals surface area contributed by atoms with Crippen LogP contribution in [0.3, 0.4) is 0 Å². The third-order valence-corrected chi connectivity index (χ3v) is 5.38. The maximum absolute atomic E-state index is 6.32. The van der Waals surface area contributed by atoms with Gasteiger partial charge in [0, 0.05) is 18.3 Å². The number of nitrogens with zero attached hydrogens (tertiary/aromatic N) is 2. The van der Waals surface area contributed by atoms with E-state index in [1.807, 2.05) is 67.7 Å². The summed E-state index contributed by atoms with van der Waals surface area (Å²) >= 11 is 5.63. The average molecular weight is 408 g/mol. The zero-order valence-electron chi connectivity index (χ0n) is 16.7. The molecule has 1 aliphatic heterocycles. The number of aromatic nitrogens is 1. The molecule has 1 N–H and O–H groups in total. The molecule has 0 spiro atoms. The Kier molecular flexibility index (Phi) is 5.81. The minimum absolute atomic E-state index is 0.0335. The summed E-state index contributed by atoms with van der Waals surface area (Å²) < 4.78 is 11.9. The molecule has 3 heterocycles. The van der Waals surface area contributed by atoms with Crippen molar-refractivity contribution in [1.29, 1.82) is 0 Å². The zero-order valence-corrected chi connectivity index (χ0v) is 17.5. The molecule has 29 heavy (non-hydrogen) atoms. The Morgan fingerprint density at radius 1 is 1.10 bits per heavy atom. The molecule has 0 unspecified atom stereocenters. The lowest BCUT2D eigenvalue weighted by Gasteiger charge is -2.25. The maximum atomic E-state index is 6.32. The van der Waals surface area contributed by atoms with Crippen molar-refractivity contribution in [3.05, 3.63) is 72.2 Å². The van der Waals surface area contributed by atoms with Crippen molar-refractivity contribution < 1.29 is 9.15 Å². The minimum atomic E-state index is -0.0467. The second-order valence-electron chi connectivity index (χ2n) is 6.98. The largest absolute Gasteiger partial charge is 0.494 e. The van der Waals surface area contributed by atoms with Crippen LogP contribution in [0.1, 0.15) is 43.8 Å². The Hall–Kier alpha value is -2.86. The van der Waals surface area contributed by atoms with Crippen LogP contribution in [0.2, 0.25) is 0 Å². The highest BCUT2D eigenvalue weighted by Gasteiger charge is 2.41. The summed E-state index contributed by atoms with van der Waals surface area (Å²) in [5.41, 5.74) is 1.97. The second kappa shape index (κ2) is 8.66. The van der Waals surface area contributed by atoms with E-state index in [2.05, 4.69) is 22.1 Å². The molecule has 0 radical (unpaired) electrons. The van der Waals surface area contributed by atoms with Crippen LogP contribution in [0.15, 0.2) is 65.2 Å². The molecular formula is C23H25N3O2S. The molecular weight excluding hydrogens is 382 g/mol. The highest BCUT2D eigenvalue weighted by molar-refractivity contribution is 7.80. The van der Waals surface area contributed by atoms with Crippen LogP contribution in [0, 0.1) is 0 Å². The smallest absolute Gasteiger partial charge is 0.170 e. The van der Waals surface area contributed by atoms with Gasteiger partial charge < -0.3 is 19.4 Å². The van der Waals surface area contributed by atoms with E-state index in [0.717, 1.165) is 46.6 Å². The summed E-state index contributed by atoms with van der Waals surface area (Å²) in [5, 5.41) is 4.18. The van der Waals surface area contributed by atoms with Crippen LogP contribution in [0.4, 0.5) is 0 Å². The van der Waals surface area contributed by atoms with Crippen molar-refractivity contribution in [2.75, 3.05) is 13.2 Å². The standard InChI is InChI=1S/C23H25N3O2S/c1-3-15-26-22(21(25-23(26)29)18-7-5-6-14-24-18)20-13-12-19(28-20)16-8-10-17(11-9-16)27-4-2/h5-14,21-22H,3-4,15H2,1-2H3,(H,25,29)/t21-,22+/m0/s1. The maximum Gasteiger partial charge on any atom is 0.170 e. The van der Waals surface area contributed by atoms with Crippen molar-refractivity contribution in [1.82, 2.24) is 15.2 Å². The first-order valence-corrected chi connectivity index (χ1v) is 10.4. The third-order valence-electron chi connectivity index (χ3n) is 5.03. The van der Waals surface area contributed by atoms with E-state index in [0.29, 0.717) is 6.61 Å². The molecule has 0 amide bonds. The van der Waals surface area contributed by atoms with Crippen LogP contribution < -0.4 is 10.1 Å². The summed E-state index contributed by atoms with van der Waals surface area (Å²) in [7, 11) is 0. The predicted molar refractivity (Wildman–Crippen MR) is 118 cm³/mol. The van der Waals surface area contributed by atoms with Gasteiger partial charge >= 0.3 is 0 Å². The molecule has 3 aromatic rings. The van der Waals surface area contributed by atoms with Gasteiger partial charge in [-0.15, -0.1) is 0 Å². The van der Waals surface area contributed by atoms with Crippen LogP contribution in [0.25, 0.3) is 11.3 Å². The van der Waals surface area contributed by atoms with Crippen LogP contribution >= 0.6 is 12.2 Å². The highest BCUT2D eigenvalue weighted by atomic mass is 32.1. The normalized spacial score (nSPS) is 18.7. The summed E-state index contributed by atoms with van der Waals surface area (Å²) in [6.45, 7) is 5.65. The number of rotatable bonds is 7. The third kappa shape index (κ3) is 3.98. The molecule has 150 valence electrons. The monoisotopic (exact) mass is 407 g/mol. The van der Waals surface area contributed by atoms with Gasteiger partial charge in [0.1, 0.15) is 23.3 Å². The zero-order chi connectivity index (χ0) is 20.2. The van der Waals surface area contributed by atoms with Crippen molar-refractivity contribution in [2.45, 2.75) is 32.4 Å². The van der Waals surface area contributed by atoms with Crippen LogP contribution in [-0.4, -0.2) is 28.1 Å². The number of thiocarbonyl (C=S) groups is 1. The molecule has 1 aromatic carbocycles. The Morgan fingerprint density at radius 2 is 1.93 bits per heavy atom. The van der Waals surface area contributed by atoms with Gasteiger partial charge in [-0.2, -0.15) is 0 Å². The van der Waals surface area contributed by atoms with Gasteiger partial charge in [-0.05, 0) is 74.1 Å². The number of furan rings is 1. The highest BCUT2D eigenvalue weighted by Crippen LogP contribution is 2.40. The van der Waals surface area contributed by atoms with E-state index < -0.39 is 0 Å². The van der Waals surface area contributed by atoms with Gasteiger partial charge in [-0.25, -0.2) is 0 Å². The Balaban J connectivity index is 1.66. The number of pyridine rings is 1. The van der Waals surface area contributed by atoms with E-state index in [1.54, 1.807) is 0 Å². The van der Waals surface area contributed by atoms with Crippen molar-refractivity contribution >= 4 is 17.3 Å². The fourth-order valence-corrected chi connectivity index (χ4v) is 4.08. The van der Waals surface area contributed by atoms with Crippen molar-refractivity contribution in [2.24, 2.45) is 0 Å². The lowest BCUT2D eigenvalue weighted by Crippen LogP contribution is -2.30. The molecule has 6 heteroatoms. The minimum Gasteiger partial charge on any atom is -0.494 e. The molecule has 1 aliphatic rings. The first-order valence-electron chi connectivity index (χ1n) is 10.0. The molecule has 4 rings (SSSR count). The number of ether oxygens (including phenoxy) is 1. The SMILES string of the molecule is CCCN1C(=S)N[C@@H](c2ccccn2)[C@H]1c1ccc(-c2ccc(OCC)cc2)o1. The first-order chi connectivity index (χ1) is 14.2.